The summed E-state index contributed by atoms with van der Waals surface area (Å²) in [6.07, 6.45) is 16.8. The van der Waals surface area contributed by atoms with E-state index in [1.807, 2.05) is 19.1 Å². The summed E-state index contributed by atoms with van der Waals surface area (Å²) < 4.78 is 0. The first-order chi connectivity index (χ1) is 30.1. The predicted molar refractivity (Wildman–Crippen MR) is 259 cm³/mol. The highest BCUT2D eigenvalue weighted by atomic mass is 15.1. The van der Waals surface area contributed by atoms with Crippen molar-refractivity contribution in [2.75, 3.05) is 9.80 Å². The van der Waals surface area contributed by atoms with Crippen LogP contribution in [-0.4, -0.2) is 0 Å². The summed E-state index contributed by atoms with van der Waals surface area (Å²) in [6, 6.07) is 66.6. The zero-order valence-corrected chi connectivity index (χ0v) is 35.2. The summed E-state index contributed by atoms with van der Waals surface area (Å²) in [4.78, 5) is 4.61. The Morgan fingerprint density at radius 1 is 0.459 bits per heavy atom. The lowest BCUT2D eigenvalue weighted by Crippen LogP contribution is -2.48. The third-order valence-corrected chi connectivity index (χ3v) is 13.8. The van der Waals surface area contributed by atoms with E-state index < -0.39 is 0 Å². The van der Waals surface area contributed by atoms with Crippen LogP contribution >= 0.6 is 0 Å². The Hall–Kier alpha value is -6.64. The number of benzene rings is 7. The fraction of sp³-hybridized carbons (Fsp3) is 0.186. The Labute approximate surface area is 362 Å². The standard InChI is InChI=1S/C59H54N2/c1-3-5-14-53(4-2)60(55-29-19-48(20-30-55)46-12-8-6-9-13-46)56-31-21-50(22-32-56)51-25-35-58(36-26-51)61(54-15-10-7-11-16-54)57-33-23-49(24-34-57)47-17-27-52(28-18-47)59-40-43-37-44(41-59)39-45(38-43)42-59/h3-36,43-45H,2,37-42H2,1H3/b5-3-,53-14+. The number of hydrogen-bond donors (Lipinski definition) is 0. The van der Waals surface area contributed by atoms with Crippen LogP contribution in [0.5, 0.6) is 0 Å². The molecule has 4 bridgehead atoms. The first-order valence-electron chi connectivity index (χ1n) is 22.2. The molecule has 0 aliphatic heterocycles. The van der Waals surface area contributed by atoms with Crippen molar-refractivity contribution >= 4 is 28.4 Å². The quantitative estimate of drug-likeness (QED) is 0.114. The maximum atomic E-state index is 4.18. The number of anilines is 5. The molecule has 11 rings (SSSR count). The van der Waals surface area contributed by atoms with Crippen molar-refractivity contribution in [3.8, 4) is 33.4 Å². The maximum absolute atomic E-state index is 4.18. The van der Waals surface area contributed by atoms with Crippen LogP contribution in [0, 0.1) is 17.8 Å². The molecule has 0 amide bonds. The number of hydrogen-bond acceptors (Lipinski definition) is 2. The molecule has 0 heterocycles. The Morgan fingerprint density at radius 2 is 0.820 bits per heavy atom. The fourth-order valence-electron chi connectivity index (χ4n) is 11.2. The Balaban J connectivity index is 0.892. The molecule has 4 aliphatic rings. The van der Waals surface area contributed by atoms with E-state index in [4.69, 9.17) is 0 Å². The van der Waals surface area contributed by atoms with Crippen LogP contribution in [0.4, 0.5) is 28.4 Å². The molecule has 0 aromatic heterocycles. The van der Waals surface area contributed by atoms with E-state index in [2.05, 4.69) is 211 Å². The molecule has 300 valence electrons. The van der Waals surface area contributed by atoms with Crippen LogP contribution in [0.3, 0.4) is 0 Å². The van der Waals surface area contributed by atoms with Gasteiger partial charge in [0.25, 0.3) is 0 Å². The molecule has 0 unspecified atom stereocenters. The van der Waals surface area contributed by atoms with Crippen molar-refractivity contribution in [1.29, 1.82) is 0 Å². The third-order valence-electron chi connectivity index (χ3n) is 13.8. The van der Waals surface area contributed by atoms with Gasteiger partial charge in [-0.15, -0.1) is 0 Å². The molecule has 61 heavy (non-hydrogen) atoms. The van der Waals surface area contributed by atoms with Crippen molar-refractivity contribution < 1.29 is 0 Å². The Kier molecular flexibility index (Phi) is 10.6. The molecule has 4 aliphatic carbocycles. The summed E-state index contributed by atoms with van der Waals surface area (Å²) in [5, 5.41) is 0. The van der Waals surface area contributed by atoms with E-state index in [1.54, 1.807) is 5.56 Å². The smallest absolute Gasteiger partial charge is 0.0462 e. The van der Waals surface area contributed by atoms with Gasteiger partial charge in [-0.2, -0.15) is 0 Å². The SMILES string of the molecule is C=C/C(=C\C=C/C)N(c1ccc(-c2ccccc2)cc1)c1ccc(-c2ccc(N(c3ccccc3)c3ccc(-c4ccc(C56CC7CC(CC(C7)C5)C6)cc4)cc3)cc2)cc1. The van der Waals surface area contributed by atoms with Crippen molar-refractivity contribution in [2.24, 2.45) is 17.8 Å². The minimum atomic E-state index is 0.434. The molecule has 4 fully saturated rings. The second-order valence-electron chi connectivity index (χ2n) is 17.7. The monoisotopic (exact) mass is 790 g/mol. The van der Waals surface area contributed by atoms with Gasteiger partial charge in [0, 0.05) is 34.1 Å². The molecule has 0 radical (unpaired) electrons. The largest absolute Gasteiger partial charge is 0.311 e. The molecule has 2 nitrogen and oxygen atoms in total. The number of rotatable bonds is 12. The molecule has 0 saturated heterocycles. The summed E-state index contributed by atoms with van der Waals surface area (Å²) in [6.45, 7) is 6.22. The van der Waals surface area contributed by atoms with E-state index in [-0.39, 0.29) is 0 Å². The number of nitrogens with zero attached hydrogens (tertiary/aromatic N) is 2. The van der Waals surface area contributed by atoms with Gasteiger partial charge >= 0.3 is 0 Å². The minimum absolute atomic E-state index is 0.434. The predicted octanol–water partition coefficient (Wildman–Crippen LogP) is 16.4. The third kappa shape index (κ3) is 7.80. The first-order valence-corrected chi connectivity index (χ1v) is 22.2. The highest BCUT2D eigenvalue weighted by molar-refractivity contribution is 5.81. The van der Waals surface area contributed by atoms with Gasteiger partial charge in [0.05, 0.1) is 0 Å². The summed E-state index contributed by atoms with van der Waals surface area (Å²) in [5.74, 6) is 2.88. The van der Waals surface area contributed by atoms with Gasteiger partial charge in [0.2, 0.25) is 0 Å². The van der Waals surface area contributed by atoms with Gasteiger partial charge in [-0.25, -0.2) is 0 Å². The zero-order valence-electron chi connectivity index (χ0n) is 35.2. The van der Waals surface area contributed by atoms with E-state index in [1.165, 1.54) is 66.3 Å². The Bertz CT molecular complexity index is 2600. The number of para-hydroxylation sites is 1. The average Bonchev–Trinajstić information content (AvgIpc) is 3.31. The van der Waals surface area contributed by atoms with Gasteiger partial charge in [-0.05, 0) is 180 Å². The molecule has 0 N–H and O–H groups in total. The summed E-state index contributed by atoms with van der Waals surface area (Å²) in [7, 11) is 0. The van der Waals surface area contributed by atoms with Crippen LogP contribution in [0.25, 0.3) is 33.4 Å². The van der Waals surface area contributed by atoms with E-state index in [0.717, 1.165) is 57.5 Å². The topological polar surface area (TPSA) is 6.48 Å². The molecule has 4 saturated carbocycles. The Morgan fingerprint density at radius 3 is 1.23 bits per heavy atom. The molecule has 0 spiro atoms. The second kappa shape index (κ2) is 16.8. The van der Waals surface area contributed by atoms with Crippen molar-refractivity contribution in [3.63, 3.8) is 0 Å². The van der Waals surface area contributed by atoms with Crippen LogP contribution < -0.4 is 9.80 Å². The van der Waals surface area contributed by atoms with Gasteiger partial charge in [0.1, 0.15) is 0 Å². The molecular formula is C59H54N2. The molecule has 0 atom stereocenters. The van der Waals surface area contributed by atoms with Crippen LogP contribution in [0.2, 0.25) is 0 Å². The van der Waals surface area contributed by atoms with Crippen molar-refractivity contribution in [2.45, 2.75) is 50.9 Å². The van der Waals surface area contributed by atoms with Crippen LogP contribution in [-0.2, 0) is 5.41 Å². The zero-order chi connectivity index (χ0) is 41.2. The van der Waals surface area contributed by atoms with E-state index in [9.17, 15) is 0 Å². The van der Waals surface area contributed by atoms with Crippen LogP contribution in [0.15, 0.2) is 219 Å². The lowest BCUT2D eigenvalue weighted by Gasteiger charge is -2.57. The van der Waals surface area contributed by atoms with E-state index in [0.29, 0.717) is 5.41 Å². The maximum Gasteiger partial charge on any atom is 0.0462 e. The molecule has 2 heteroatoms. The highest BCUT2D eigenvalue weighted by Crippen LogP contribution is 2.60. The van der Waals surface area contributed by atoms with Gasteiger partial charge in [0.15, 0.2) is 0 Å². The number of allylic oxidation sites excluding steroid dienone is 4. The van der Waals surface area contributed by atoms with Crippen molar-refractivity contribution in [1.82, 2.24) is 0 Å². The molecular weight excluding hydrogens is 737 g/mol. The lowest BCUT2D eigenvalue weighted by atomic mass is 9.48. The average molecular weight is 791 g/mol. The summed E-state index contributed by atoms with van der Waals surface area (Å²) >= 11 is 0. The second-order valence-corrected chi connectivity index (χ2v) is 17.7. The van der Waals surface area contributed by atoms with Gasteiger partial charge in [-0.3, -0.25) is 0 Å². The van der Waals surface area contributed by atoms with Crippen LogP contribution in [0.1, 0.15) is 51.0 Å². The summed E-state index contributed by atoms with van der Waals surface area (Å²) in [5.41, 5.74) is 15.8. The van der Waals surface area contributed by atoms with Gasteiger partial charge < -0.3 is 9.80 Å². The van der Waals surface area contributed by atoms with Gasteiger partial charge in [-0.1, -0.05) is 140 Å². The lowest BCUT2D eigenvalue weighted by molar-refractivity contribution is -0.00518. The van der Waals surface area contributed by atoms with Crippen molar-refractivity contribution in [3.05, 3.63) is 224 Å². The molecule has 7 aromatic carbocycles. The molecule has 7 aromatic rings. The normalized spacial score (nSPS) is 20.5. The fourth-order valence-corrected chi connectivity index (χ4v) is 11.2. The van der Waals surface area contributed by atoms with E-state index >= 15 is 0 Å². The minimum Gasteiger partial charge on any atom is -0.311 e. The highest BCUT2D eigenvalue weighted by Gasteiger charge is 2.51. The first kappa shape index (κ1) is 38.6.